The van der Waals surface area contributed by atoms with E-state index in [-0.39, 0.29) is 5.54 Å². The van der Waals surface area contributed by atoms with Gasteiger partial charge in [-0.25, -0.2) is 0 Å². The van der Waals surface area contributed by atoms with Crippen LogP contribution >= 0.6 is 0 Å². The molecule has 3 unspecified atom stereocenters. The Morgan fingerprint density at radius 2 is 2.00 bits per heavy atom. The zero-order valence-electron chi connectivity index (χ0n) is 13.8. The molecule has 2 saturated heterocycles. The number of nitrogens with two attached hydrogens (primary N) is 1. The fraction of sp³-hybridized carbons (Fsp3) is 1.00. The maximum atomic E-state index is 6.27. The fourth-order valence-corrected chi connectivity index (χ4v) is 3.89. The first kappa shape index (κ1) is 16.2. The number of likely N-dealkylation sites (tertiary alicyclic amines) is 1. The largest absolute Gasteiger partial charge is 0.376 e. The van der Waals surface area contributed by atoms with Gasteiger partial charge in [0.25, 0.3) is 0 Å². The third kappa shape index (κ3) is 3.35. The minimum atomic E-state index is 0.182. The SMILES string of the molecule is CC1CN(C2(CN)CCCN(C(C)C)CC2)C(C)CO1. The molecule has 4 heteroatoms. The molecule has 2 fully saturated rings. The Balaban J connectivity index is 2.12. The van der Waals surface area contributed by atoms with Crippen LogP contribution in [0.5, 0.6) is 0 Å². The van der Waals surface area contributed by atoms with Crippen LogP contribution in [0.25, 0.3) is 0 Å². The molecule has 3 atom stereocenters. The van der Waals surface area contributed by atoms with Gasteiger partial charge in [-0.15, -0.1) is 0 Å². The molecule has 2 heterocycles. The number of nitrogens with zero attached hydrogens (tertiary/aromatic N) is 2. The smallest absolute Gasteiger partial charge is 0.0675 e. The summed E-state index contributed by atoms with van der Waals surface area (Å²) in [5.41, 5.74) is 6.45. The third-order valence-corrected chi connectivity index (χ3v) is 5.28. The molecule has 0 bridgehead atoms. The van der Waals surface area contributed by atoms with E-state index in [9.17, 15) is 0 Å². The summed E-state index contributed by atoms with van der Waals surface area (Å²) in [6.07, 6.45) is 4.01. The number of ether oxygens (including phenoxy) is 1. The highest BCUT2D eigenvalue weighted by Crippen LogP contribution is 2.32. The van der Waals surface area contributed by atoms with Crippen molar-refractivity contribution in [3.8, 4) is 0 Å². The van der Waals surface area contributed by atoms with E-state index in [0.29, 0.717) is 18.2 Å². The van der Waals surface area contributed by atoms with Crippen molar-refractivity contribution in [2.45, 2.75) is 70.7 Å². The third-order valence-electron chi connectivity index (χ3n) is 5.28. The molecule has 118 valence electrons. The van der Waals surface area contributed by atoms with Crippen molar-refractivity contribution in [3.05, 3.63) is 0 Å². The summed E-state index contributed by atoms with van der Waals surface area (Å²) in [4.78, 5) is 5.26. The molecule has 0 radical (unpaired) electrons. The summed E-state index contributed by atoms with van der Waals surface area (Å²) in [7, 11) is 0. The lowest BCUT2D eigenvalue weighted by Crippen LogP contribution is -2.62. The second-order valence-electron chi connectivity index (χ2n) is 7.06. The molecule has 0 aliphatic carbocycles. The van der Waals surface area contributed by atoms with Crippen LogP contribution in [0.3, 0.4) is 0 Å². The topological polar surface area (TPSA) is 41.7 Å². The van der Waals surface area contributed by atoms with Crippen molar-refractivity contribution in [2.75, 3.05) is 32.8 Å². The van der Waals surface area contributed by atoms with Crippen molar-refractivity contribution in [2.24, 2.45) is 5.73 Å². The fourth-order valence-electron chi connectivity index (χ4n) is 3.89. The zero-order chi connectivity index (χ0) is 14.8. The van der Waals surface area contributed by atoms with Crippen LogP contribution in [0.4, 0.5) is 0 Å². The van der Waals surface area contributed by atoms with E-state index in [2.05, 4.69) is 37.5 Å². The van der Waals surface area contributed by atoms with Gasteiger partial charge >= 0.3 is 0 Å². The van der Waals surface area contributed by atoms with Gasteiger partial charge in [-0.05, 0) is 53.5 Å². The average molecular weight is 283 g/mol. The van der Waals surface area contributed by atoms with Gasteiger partial charge in [0.15, 0.2) is 0 Å². The monoisotopic (exact) mass is 283 g/mol. The lowest BCUT2D eigenvalue weighted by molar-refractivity contribution is -0.0962. The molecule has 20 heavy (non-hydrogen) atoms. The van der Waals surface area contributed by atoms with Crippen LogP contribution in [0.1, 0.15) is 47.0 Å². The second kappa shape index (κ2) is 6.73. The molecular weight excluding hydrogens is 250 g/mol. The minimum absolute atomic E-state index is 0.182. The Hall–Kier alpha value is -0.160. The molecule has 2 aliphatic heterocycles. The number of rotatable bonds is 3. The van der Waals surface area contributed by atoms with Crippen molar-refractivity contribution < 1.29 is 4.74 Å². The standard InChI is InChI=1S/C16H33N3O/c1-13(2)18-8-5-6-16(12-17,7-9-18)19-10-15(4)20-11-14(19)3/h13-15H,5-12,17H2,1-4H3. The number of hydrogen-bond acceptors (Lipinski definition) is 4. The summed E-state index contributed by atoms with van der Waals surface area (Å²) in [5, 5.41) is 0. The van der Waals surface area contributed by atoms with E-state index < -0.39 is 0 Å². The Kier molecular flexibility index (Phi) is 5.46. The highest BCUT2D eigenvalue weighted by atomic mass is 16.5. The molecule has 0 aromatic carbocycles. The van der Waals surface area contributed by atoms with E-state index in [1.165, 1.54) is 32.4 Å². The summed E-state index contributed by atoms with van der Waals surface area (Å²) in [5.74, 6) is 0. The normalized spacial score (nSPS) is 38.1. The van der Waals surface area contributed by atoms with Gasteiger partial charge < -0.3 is 15.4 Å². The predicted molar refractivity (Wildman–Crippen MR) is 83.9 cm³/mol. The predicted octanol–water partition coefficient (Wildman–Crippen LogP) is 1.69. The number of hydrogen-bond donors (Lipinski definition) is 1. The van der Waals surface area contributed by atoms with Gasteiger partial charge in [-0.2, -0.15) is 0 Å². The lowest BCUT2D eigenvalue weighted by atomic mass is 9.86. The highest BCUT2D eigenvalue weighted by Gasteiger charge is 2.41. The molecule has 0 aromatic rings. The summed E-state index contributed by atoms with van der Waals surface area (Å²) < 4.78 is 5.80. The van der Waals surface area contributed by atoms with Crippen molar-refractivity contribution in [3.63, 3.8) is 0 Å². The molecule has 0 amide bonds. The highest BCUT2D eigenvalue weighted by molar-refractivity contribution is 4.98. The van der Waals surface area contributed by atoms with E-state index >= 15 is 0 Å². The Morgan fingerprint density at radius 3 is 2.65 bits per heavy atom. The lowest BCUT2D eigenvalue weighted by Gasteiger charge is -2.50. The van der Waals surface area contributed by atoms with Gasteiger partial charge in [0.1, 0.15) is 0 Å². The average Bonchev–Trinajstić information content (AvgIpc) is 2.65. The molecule has 2 N–H and O–H groups in total. The van der Waals surface area contributed by atoms with Crippen LogP contribution < -0.4 is 5.73 Å². The van der Waals surface area contributed by atoms with E-state index in [4.69, 9.17) is 10.5 Å². The van der Waals surface area contributed by atoms with Crippen LogP contribution in [-0.4, -0.2) is 66.3 Å². The van der Waals surface area contributed by atoms with Gasteiger partial charge in [0.05, 0.1) is 12.7 Å². The van der Waals surface area contributed by atoms with E-state index in [0.717, 1.165) is 19.7 Å². The summed E-state index contributed by atoms with van der Waals surface area (Å²) in [6, 6.07) is 1.13. The molecule has 4 nitrogen and oxygen atoms in total. The Morgan fingerprint density at radius 1 is 1.25 bits per heavy atom. The first-order chi connectivity index (χ1) is 9.48. The van der Waals surface area contributed by atoms with Gasteiger partial charge in [-0.1, -0.05) is 0 Å². The number of morpholine rings is 1. The first-order valence-corrected chi connectivity index (χ1v) is 8.31. The Labute approximate surface area is 124 Å². The van der Waals surface area contributed by atoms with Crippen LogP contribution in [-0.2, 0) is 4.74 Å². The molecular formula is C16H33N3O. The molecule has 2 rings (SSSR count). The van der Waals surface area contributed by atoms with E-state index in [1.807, 2.05) is 0 Å². The molecule has 2 aliphatic rings. The summed E-state index contributed by atoms with van der Waals surface area (Å²) in [6.45, 7) is 14.1. The van der Waals surface area contributed by atoms with Crippen LogP contribution in [0, 0.1) is 0 Å². The maximum absolute atomic E-state index is 6.27. The molecule has 0 aromatic heterocycles. The van der Waals surface area contributed by atoms with Crippen molar-refractivity contribution >= 4 is 0 Å². The molecule has 0 saturated carbocycles. The Bertz CT molecular complexity index is 310. The van der Waals surface area contributed by atoms with Crippen LogP contribution in [0.15, 0.2) is 0 Å². The molecule has 0 spiro atoms. The minimum Gasteiger partial charge on any atom is -0.376 e. The maximum Gasteiger partial charge on any atom is 0.0675 e. The first-order valence-electron chi connectivity index (χ1n) is 8.31. The van der Waals surface area contributed by atoms with Crippen molar-refractivity contribution in [1.82, 2.24) is 9.80 Å². The van der Waals surface area contributed by atoms with Gasteiger partial charge in [-0.3, -0.25) is 4.90 Å². The summed E-state index contributed by atoms with van der Waals surface area (Å²) >= 11 is 0. The van der Waals surface area contributed by atoms with Gasteiger partial charge in [0, 0.05) is 37.3 Å². The van der Waals surface area contributed by atoms with Crippen molar-refractivity contribution in [1.29, 1.82) is 0 Å². The van der Waals surface area contributed by atoms with E-state index in [1.54, 1.807) is 0 Å². The van der Waals surface area contributed by atoms with Crippen LogP contribution in [0.2, 0.25) is 0 Å². The van der Waals surface area contributed by atoms with Gasteiger partial charge in [0.2, 0.25) is 0 Å². The zero-order valence-corrected chi connectivity index (χ0v) is 13.8. The second-order valence-corrected chi connectivity index (χ2v) is 7.06. The quantitative estimate of drug-likeness (QED) is 0.856.